The first-order valence-electron chi connectivity index (χ1n) is 10.2. The Morgan fingerprint density at radius 3 is 2.50 bits per heavy atom. The van der Waals surface area contributed by atoms with Crippen molar-refractivity contribution in [2.75, 3.05) is 5.32 Å². The van der Waals surface area contributed by atoms with Crippen molar-refractivity contribution >= 4 is 11.6 Å². The van der Waals surface area contributed by atoms with E-state index in [9.17, 15) is 13.6 Å². The topological polar surface area (TPSA) is 90.5 Å². The summed E-state index contributed by atoms with van der Waals surface area (Å²) in [5.41, 5.74) is 3.20. The first-order valence-corrected chi connectivity index (χ1v) is 10.2. The molecular formula is C22H19F2N7O. The van der Waals surface area contributed by atoms with E-state index in [0.717, 1.165) is 30.5 Å². The van der Waals surface area contributed by atoms with E-state index in [2.05, 4.69) is 25.9 Å². The molecule has 162 valence electrons. The summed E-state index contributed by atoms with van der Waals surface area (Å²) >= 11 is 0. The number of anilines is 1. The molecule has 4 aromatic rings. The molecule has 0 saturated carbocycles. The Balaban J connectivity index is 1.50. The minimum atomic E-state index is -0.584. The average Bonchev–Trinajstić information content (AvgIpc) is 3.40. The van der Waals surface area contributed by atoms with Gasteiger partial charge >= 0.3 is 0 Å². The second-order valence-corrected chi connectivity index (χ2v) is 7.63. The van der Waals surface area contributed by atoms with Gasteiger partial charge in [0.15, 0.2) is 11.5 Å². The number of rotatable bonds is 4. The number of nitrogens with zero attached hydrogens (tertiary/aromatic N) is 6. The molecule has 2 heterocycles. The van der Waals surface area contributed by atoms with Crippen molar-refractivity contribution in [2.45, 2.75) is 32.6 Å². The molecule has 1 aliphatic carbocycles. The molecule has 0 spiro atoms. The standard InChI is InChI=1S/C22H19F2N7O/c1-13-26-28-29-30(13)16-10-11-18(24)19(12-16)25-22(32)21-17-4-2-3-5-20(17)31(27-21)15-8-6-14(23)7-9-15/h6-12H,2-5H2,1H3,(H,25,32). The van der Waals surface area contributed by atoms with Crippen molar-refractivity contribution in [3.63, 3.8) is 0 Å². The van der Waals surface area contributed by atoms with E-state index in [1.807, 2.05) is 0 Å². The van der Waals surface area contributed by atoms with Crippen molar-refractivity contribution in [1.29, 1.82) is 0 Å². The number of tetrazole rings is 1. The predicted molar refractivity (Wildman–Crippen MR) is 112 cm³/mol. The number of hydrogen-bond acceptors (Lipinski definition) is 5. The van der Waals surface area contributed by atoms with Crippen molar-refractivity contribution in [2.24, 2.45) is 0 Å². The number of hydrogen-bond donors (Lipinski definition) is 1. The summed E-state index contributed by atoms with van der Waals surface area (Å²) < 4.78 is 31.0. The number of carbonyl (C=O) groups is 1. The normalized spacial score (nSPS) is 13.1. The Hall–Kier alpha value is -3.95. The van der Waals surface area contributed by atoms with Crippen LogP contribution in [0.5, 0.6) is 0 Å². The highest BCUT2D eigenvalue weighted by Crippen LogP contribution is 2.28. The summed E-state index contributed by atoms with van der Waals surface area (Å²) in [6.07, 6.45) is 3.37. The van der Waals surface area contributed by atoms with Crippen molar-refractivity contribution in [3.05, 3.63) is 76.9 Å². The van der Waals surface area contributed by atoms with Gasteiger partial charge in [-0.25, -0.2) is 13.5 Å². The number of halogens is 2. The van der Waals surface area contributed by atoms with Crippen LogP contribution in [0.15, 0.2) is 42.5 Å². The second-order valence-electron chi connectivity index (χ2n) is 7.63. The van der Waals surface area contributed by atoms with Gasteiger partial charge in [0.05, 0.1) is 17.1 Å². The van der Waals surface area contributed by atoms with Crippen molar-refractivity contribution < 1.29 is 13.6 Å². The van der Waals surface area contributed by atoms with E-state index >= 15 is 0 Å². The van der Waals surface area contributed by atoms with Gasteiger partial charge in [0.25, 0.3) is 5.91 Å². The molecule has 0 bridgehead atoms. The molecule has 0 radical (unpaired) electrons. The fourth-order valence-electron chi connectivity index (χ4n) is 3.97. The Morgan fingerprint density at radius 2 is 1.75 bits per heavy atom. The molecule has 8 nitrogen and oxygen atoms in total. The summed E-state index contributed by atoms with van der Waals surface area (Å²) in [6, 6.07) is 10.2. The largest absolute Gasteiger partial charge is 0.318 e. The maximum Gasteiger partial charge on any atom is 0.276 e. The van der Waals surface area contributed by atoms with Crippen LogP contribution in [0.4, 0.5) is 14.5 Å². The molecule has 0 atom stereocenters. The van der Waals surface area contributed by atoms with Crippen LogP contribution in [0.1, 0.15) is 40.4 Å². The van der Waals surface area contributed by atoms with Crippen LogP contribution in [0, 0.1) is 18.6 Å². The lowest BCUT2D eigenvalue weighted by atomic mass is 9.95. The Labute approximate surface area is 181 Å². The lowest BCUT2D eigenvalue weighted by molar-refractivity contribution is 0.102. The predicted octanol–water partition coefficient (Wildman–Crippen LogP) is 3.57. The third-order valence-electron chi connectivity index (χ3n) is 5.53. The summed E-state index contributed by atoms with van der Waals surface area (Å²) in [4.78, 5) is 13.1. The second kappa shape index (κ2) is 7.95. The lowest BCUT2D eigenvalue weighted by Gasteiger charge is -2.14. The van der Waals surface area contributed by atoms with Gasteiger partial charge in [-0.15, -0.1) is 5.10 Å². The highest BCUT2D eigenvalue weighted by molar-refractivity contribution is 6.04. The number of aryl methyl sites for hydroxylation is 1. The molecule has 1 N–H and O–H groups in total. The van der Waals surface area contributed by atoms with Gasteiger partial charge in [0.2, 0.25) is 0 Å². The molecular weight excluding hydrogens is 416 g/mol. The van der Waals surface area contributed by atoms with Crippen molar-refractivity contribution in [1.82, 2.24) is 30.0 Å². The molecule has 0 unspecified atom stereocenters. The average molecular weight is 435 g/mol. The van der Waals surface area contributed by atoms with Gasteiger partial charge in [0.1, 0.15) is 11.6 Å². The molecule has 1 aliphatic rings. The van der Waals surface area contributed by atoms with Crippen LogP contribution in [-0.2, 0) is 12.8 Å². The van der Waals surface area contributed by atoms with Gasteiger partial charge in [-0.1, -0.05) is 0 Å². The van der Waals surface area contributed by atoms with Crippen LogP contribution < -0.4 is 5.32 Å². The smallest absolute Gasteiger partial charge is 0.276 e. The van der Waals surface area contributed by atoms with Gasteiger partial charge in [-0.05, 0) is 85.5 Å². The van der Waals surface area contributed by atoms with Gasteiger partial charge in [-0.3, -0.25) is 4.79 Å². The third kappa shape index (κ3) is 3.53. The molecule has 2 aromatic carbocycles. The maximum absolute atomic E-state index is 14.5. The minimum absolute atomic E-state index is 0.00305. The highest BCUT2D eigenvalue weighted by Gasteiger charge is 2.26. The van der Waals surface area contributed by atoms with Gasteiger partial charge in [0, 0.05) is 11.3 Å². The van der Waals surface area contributed by atoms with Crippen LogP contribution in [0.25, 0.3) is 11.4 Å². The number of amides is 1. The fraction of sp³-hybridized carbons (Fsp3) is 0.227. The molecule has 1 amide bonds. The fourth-order valence-corrected chi connectivity index (χ4v) is 3.97. The van der Waals surface area contributed by atoms with Gasteiger partial charge < -0.3 is 5.32 Å². The number of carbonyl (C=O) groups excluding carboxylic acids is 1. The first-order chi connectivity index (χ1) is 15.5. The summed E-state index contributed by atoms with van der Waals surface area (Å²) in [5.74, 6) is -0.907. The monoisotopic (exact) mass is 435 g/mol. The molecule has 32 heavy (non-hydrogen) atoms. The van der Waals surface area contributed by atoms with E-state index in [0.29, 0.717) is 23.6 Å². The lowest BCUT2D eigenvalue weighted by Crippen LogP contribution is -2.17. The summed E-state index contributed by atoms with van der Waals surface area (Å²) in [7, 11) is 0. The van der Waals surface area contributed by atoms with Gasteiger partial charge in [-0.2, -0.15) is 9.78 Å². The summed E-state index contributed by atoms with van der Waals surface area (Å²) in [5, 5.41) is 18.5. The molecule has 2 aromatic heterocycles. The van der Waals surface area contributed by atoms with Crippen molar-refractivity contribution in [3.8, 4) is 11.4 Å². The molecule has 0 fully saturated rings. The third-order valence-corrected chi connectivity index (χ3v) is 5.53. The van der Waals surface area contributed by atoms with E-state index in [-0.39, 0.29) is 17.2 Å². The van der Waals surface area contributed by atoms with E-state index in [1.165, 1.54) is 35.0 Å². The summed E-state index contributed by atoms with van der Waals surface area (Å²) in [6.45, 7) is 1.72. The SMILES string of the molecule is Cc1nnnn1-c1ccc(F)c(NC(=O)c2nn(-c3ccc(F)cc3)c3c2CCCC3)c1. The molecule has 10 heteroatoms. The molecule has 0 saturated heterocycles. The first kappa shape index (κ1) is 20.0. The Morgan fingerprint density at radius 1 is 1.00 bits per heavy atom. The zero-order valence-electron chi connectivity index (χ0n) is 17.2. The Kier molecular flexibility index (Phi) is 4.96. The van der Waals surface area contributed by atoms with Crippen LogP contribution in [0.2, 0.25) is 0 Å². The van der Waals surface area contributed by atoms with E-state index in [4.69, 9.17) is 0 Å². The zero-order chi connectivity index (χ0) is 22.2. The number of nitrogens with one attached hydrogen (secondary N) is 1. The Bertz CT molecular complexity index is 1310. The number of benzene rings is 2. The van der Waals surface area contributed by atoms with E-state index < -0.39 is 11.7 Å². The van der Waals surface area contributed by atoms with E-state index in [1.54, 1.807) is 23.7 Å². The quantitative estimate of drug-likeness (QED) is 0.529. The van der Waals surface area contributed by atoms with Crippen LogP contribution >= 0.6 is 0 Å². The number of aromatic nitrogens is 6. The van der Waals surface area contributed by atoms with Crippen LogP contribution in [-0.4, -0.2) is 35.9 Å². The highest BCUT2D eigenvalue weighted by atomic mass is 19.1. The molecule has 5 rings (SSSR count). The maximum atomic E-state index is 14.5. The zero-order valence-corrected chi connectivity index (χ0v) is 17.2. The van der Waals surface area contributed by atoms with Crippen LogP contribution in [0.3, 0.4) is 0 Å². The minimum Gasteiger partial charge on any atom is -0.318 e. The molecule has 0 aliphatic heterocycles. The number of fused-ring (bicyclic) bond motifs is 1.